The summed E-state index contributed by atoms with van der Waals surface area (Å²) in [6, 6.07) is 8.41. The summed E-state index contributed by atoms with van der Waals surface area (Å²) in [6.45, 7) is 8.53. The molecule has 2 aromatic rings. The molecule has 0 amide bonds. The maximum Gasteiger partial charge on any atom is 0.222 e. The molecule has 1 aromatic carbocycles. The van der Waals surface area contributed by atoms with Gasteiger partial charge in [-0.2, -0.15) is 4.98 Å². The van der Waals surface area contributed by atoms with Gasteiger partial charge >= 0.3 is 0 Å². The normalized spacial score (nSPS) is 15.4. The number of aryl methyl sites for hydroxylation is 2. The Morgan fingerprint density at radius 3 is 2.42 bits per heavy atom. The maximum atomic E-state index is 5.91. The fourth-order valence-electron chi connectivity index (χ4n) is 3.35. The molecular weight excluding hydrogens is 298 g/mol. The Morgan fingerprint density at radius 1 is 1.00 bits per heavy atom. The highest BCUT2D eigenvalue weighted by molar-refractivity contribution is 5.65. The van der Waals surface area contributed by atoms with Crippen LogP contribution >= 0.6 is 0 Å². The third kappa shape index (κ3) is 4.45. The zero-order chi connectivity index (χ0) is 16.9. The third-order valence-electron chi connectivity index (χ3n) is 4.44. The molecule has 3 N–H and O–H groups in total. The number of nitrogens with two attached hydrogens (primary N) is 1. The first-order chi connectivity index (χ1) is 11.6. The van der Waals surface area contributed by atoms with E-state index in [1.54, 1.807) is 0 Å². The van der Waals surface area contributed by atoms with Crippen LogP contribution in [0.25, 0.3) is 11.3 Å². The van der Waals surface area contributed by atoms with Crippen molar-refractivity contribution in [2.75, 3.05) is 37.2 Å². The SMILES string of the molecule is Cc1cc(C)cc(-c2cc(NCCN3CCCCC3)nc(N)n2)c1. The molecule has 0 radical (unpaired) electrons. The van der Waals surface area contributed by atoms with Crippen LogP contribution in [0.2, 0.25) is 0 Å². The van der Waals surface area contributed by atoms with Crippen molar-refractivity contribution in [1.82, 2.24) is 14.9 Å². The van der Waals surface area contributed by atoms with Crippen molar-refractivity contribution in [3.8, 4) is 11.3 Å². The Balaban J connectivity index is 1.69. The van der Waals surface area contributed by atoms with Gasteiger partial charge in [-0.25, -0.2) is 4.98 Å². The molecule has 1 saturated heterocycles. The van der Waals surface area contributed by atoms with Crippen LogP contribution in [0.3, 0.4) is 0 Å². The fraction of sp³-hybridized carbons (Fsp3) is 0.474. The summed E-state index contributed by atoms with van der Waals surface area (Å²) in [5.41, 5.74) is 10.3. The van der Waals surface area contributed by atoms with Gasteiger partial charge in [0.1, 0.15) is 5.82 Å². The van der Waals surface area contributed by atoms with Crippen molar-refractivity contribution in [3.63, 3.8) is 0 Å². The Hall–Kier alpha value is -2.14. The van der Waals surface area contributed by atoms with Crippen molar-refractivity contribution < 1.29 is 0 Å². The second-order valence-corrected chi connectivity index (χ2v) is 6.70. The Bertz CT molecular complexity index is 672. The predicted molar refractivity (Wildman–Crippen MR) is 100 cm³/mol. The van der Waals surface area contributed by atoms with Crippen LogP contribution in [0.1, 0.15) is 30.4 Å². The summed E-state index contributed by atoms with van der Waals surface area (Å²) in [5, 5.41) is 3.40. The lowest BCUT2D eigenvalue weighted by molar-refractivity contribution is 0.237. The average Bonchev–Trinajstić information content (AvgIpc) is 2.54. The first-order valence-corrected chi connectivity index (χ1v) is 8.79. The molecule has 0 saturated carbocycles. The maximum absolute atomic E-state index is 5.91. The Labute approximate surface area is 144 Å². The monoisotopic (exact) mass is 325 g/mol. The molecule has 0 aliphatic carbocycles. The molecule has 5 nitrogen and oxygen atoms in total. The van der Waals surface area contributed by atoms with Crippen LogP contribution in [0, 0.1) is 13.8 Å². The minimum atomic E-state index is 0.312. The molecule has 1 aliphatic rings. The smallest absolute Gasteiger partial charge is 0.222 e. The van der Waals surface area contributed by atoms with E-state index in [4.69, 9.17) is 5.73 Å². The van der Waals surface area contributed by atoms with Crippen molar-refractivity contribution in [3.05, 3.63) is 35.4 Å². The summed E-state index contributed by atoms with van der Waals surface area (Å²) in [5.74, 6) is 1.11. The van der Waals surface area contributed by atoms with E-state index in [0.717, 1.165) is 30.2 Å². The molecule has 0 spiro atoms. The number of nitrogens with one attached hydrogen (secondary N) is 1. The molecule has 0 atom stereocenters. The van der Waals surface area contributed by atoms with Crippen LogP contribution in [0.15, 0.2) is 24.3 Å². The van der Waals surface area contributed by atoms with E-state index in [1.807, 2.05) is 6.07 Å². The molecule has 0 unspecified atom stereocenters. The molecule has 1 aromatic heterocycles. The van der Waals surface area contributed by atoms with Gasteiger partial charge in [-0.1, -0.05) is 23.6 Å². The van der Waals surface area contributed by atoms with E-state index in [0.29, 0.717) is 5.95 Å². The molecule has 1 aliphatic heterocycles. The molecule has 5 heteroatoms. The third-order valence-corrected chi connectivity index (χ3v) is 4.44. The minimum absolute atomic E-state index is 0.312. The second kappa shape index (κ2) is 7.62. The van der Waals surface area contributed by atoms with Crippen LogP contribution in [-0.2, 0) is 0 Å². The highest BCUT2D eigenvalue weighted by atomic mass is 15.2. The summed E-state index contributed by atoms with van der Waals surface area (Å²) >= 11 is 0. The van der Waals surface area contributed by atoms with Crippen LogP contribution in [0.5, 0.6) is 0 Å². The van der Waals surface area contributed by atoms with E-state index in [1.165, 1.54) is 43.5 Å². The van der Waals surface area contributed by atoms with Gasteiger partial charge < -0.3 is 16.0 Å². The number of hydrogen-bond acceptors (Lipinski definition) is 5. The van der Waals surface area contributed by atoms with Crippen molar-refractivity contribution in [2.45, 2.75) is 33.1 Å². The molecule has 128 valence electrons. The topological polar surface area (TPSA) is 67.1 Å². The minimum Gasteiger partial charge on any atom is -0.369 e. The average molecular weight is 325 g/mol. The van der Waals surface area contributed by atoms with E-state index in [2.05, 4.69) is 52.2 Å². The van der Waals surface area contributed by atoms with E-state index in [-0.39, 0.29) is 0 Å². The van der Waals surface area contributed by atoms with E-state index < -0.39 is 0 Å². The van der Waals surface area contributed by atoms with Crippen molar-refractivity contribution in [2.24, 2.45) is 0 Å². The summed E-state index contributed by atoms with van der Waals surface area (Å²) in [7, 11) is 0. The summed E-state index contributed by atoms with van der Waals surface area (Å²) in [6.07, 6.45) is 4.00. The number of nitrogens with zero attached hydrogens (tertiary/aromatic N) is 3. The number of rotatable bonds is 5. The van der Waals surface area contributed by atoms with E-state index >= 15 is 0 Å². The summed E-state index contributed by atoms with van der Waals surface area (Å²) < 4.78 is 0. The molecule has 1 fully saturated rings. The van der Waals surface area contributed by atoms with Crippen LogP contribution in [-0.4, -0.2) is 41.0 Å². The quantitative estimate of drug-likeness (QED) is 0.883. The van der Waals surface area contributed by atoms with Crippen molar-refractivity contribution in [1.29, 1.82) is 0 Å². The number of piperidine rings is 1. The van der Waals surface area contributed by atoms with Gasteiger partial charge in [-0.05, 0) is 51.9 Å². The predicted octanol–water partition coefficient (Wildman–Crippen LogP) is 3.24. The number of anilines is 2. The fourth-order valence-corrected chi connectivity index (χ4v) is 3.35. The molecule has 3 rings (SSSR count). The lowest BCUT2D eigenvalue weighted by atomic mass is 10.0. The lowest BCUT2D eigenvalue weighted by Gasteiger charge is -2.26. The number of benzene rings is 1. The van der Waals surface area contributed by atoms with Crippen LogP contribution in [0.4, 0.5) is 11.8 Å². The molecule has 2 heterocycles. The van der Waals surface area contributed by atoms with Gasteiger partial charge in [-0.3, -0.25) is 0 Å². The van der Waals surface area contributed by atoms with Crippen molar-refractivity contribution >= 4 is 11.8 Å². The first kappa shape index (κ1) is 16.7. The van der Waals surface area contributed by atoms with Gasteiger partial charge in [-0.15, -0.1) is 0 Å². The molecule has 24 heavy (non-hydrogen) atoms. The Kier molecular flexibility index (Phi) is 5.30. The zero-order valence-corrected chi connectivity index (χ0v) is 14.7. The number of hydrogen-bond donors (Lipinski definition) is 2. The zero-order valence-electron chi connectivity index (χ0n) is 14.7. The highest BCUT2D eigenvalue weighted by Crippen LogP contribution is 2.23. The van der Waals surface area contributed by atoms with Gasteiger partial charge in [0.15, 0.2) is 0 Å². The van der Waals surface area contributed by atoms with Crippen LogP contribution < -0.4 is 11.1 Å². The van der Waals surface area contributed by atoms with Gasteiger partial charge in [0.05, 0.1) is 5.69 Å². The van der Waals surface area contributed by atoms with Gasteiger partial charge in [0.25, 0.3) is 0 Å². The summed E-state index contributed by atoms with van der Waals surface area (Å²) in [4.78, 5) is 11.2. The molecular formula is C19H27N5. The van der Waals surface area contributed by atoms with Gasteiger partial charge in [0.2, 0.25) is 5.95 Å². The number of nitrogen functional groups attached to an aromatic ring is 1. The standard InChI is InChI=1S/C19H27N5/c1-14-10-15(2)12-16(11-14)17-13-18(23-19(20)22-17)21-6-9-24-7-4-3-5-8-24/h10-13H,3-9H2,1-2H3,(H3,20,21,22,23). The number of likely N-dealkylation sites (tertiary alicyclic amines) is 1. The van der Waals surface area contributed by atoms with Gasteiger partial charge in [0, 0.05) is 24.7 Å². The molecule has 0 bridgehead atoms. The Morgan fingerprint density at radius 2 is 1.71 bits per heavy atom. The van der Waals surface area contributed by atoms with E-state index in [9.17, 15) is 0 Å². The second-order valence-electron chi connectivity index (χ2n) is 6.70. The number of aromatic nitrogens is 2. The lowest BCUT2D eigenvalue weighted by Crippen LogP contribution is -2.33. The highest BCUT2D eigenvalue weighted by Gasteiger charge is 2.10. The first-order valence-electron chi connectivity index (χ1n) is 8.79. The largest absolute Gasteiger partial charge is 0.369 e.